The number of aliphatic hydroxyl groups is 1. The molecule has 1 saturated heterocycles. The summed E-state index contributed by atoms with van der Waals surface area (Å²) in [5.41, 5.74) is -0.453. The topological polar surface area (TPSA) is 101 Å². The maximum absolute atomic E-state index is 12.4. The fraction of sp³-hybridized carbons (Fsp3) is 0.455. The molecular formula is C11H13ClN2O5S. The van der Waals surface area contributed by atoms with Crippen molar-refractivity contribution in [3.8, 4) is 0 Å². The van der Waals surface area contributed by atoms with Crippen LogP contribution in [0.4, 0.5) is 5.69 Å². The molecule has 1 N–H and O–H groups in total. The predicted molar refractivity (Wildman–Crippen MR) is 72.1 cm³/mol. The number of benzene rings is 1. The third-order valence-electron chi connectivity index (χ3n) is 3.11. The highest BCUT2D eigenvalue weighted by molar-refractivity contribution is 7.89. The lowest BCUT2D eigenvalue weighted by Gasteiger charge is -2.29. The van der Waals surface area contributed by atoms with Crippen molar-refractivity contribution in [1.82, 2.24) is 4.31 Å². The van der Waals surface area contributed by atoms with Gasteiger partial charge in [0.05, 0.1) is 15.9 Å². The average molecular weight is 321 g/mol. The van der Waals surface area contributed by atoms with Crippen LogP contribution in [0.15, 0.2) is 23.1 Å². The van der Waals surface area contributed by atoms with Crippen molar-refractivity contribution in [2.75, 3.05) is 13.1 Å². The van der Waals surface area contributed by atoms with Gasteiger partial charge in [0.15, 0.2) is 0 Å². The van der Waals surface area contributed by atoms with Crippen molar-refractivity contribution < 1.29 is 18.4 Å². The van der Waals surface area contributed by atoms with Crippen LogP contribution in [0.1, 0.15) is 12.8 Å². The van der Waals surface area contributed by atoms with Crippen LogP contribution in [0.25, 0.3) is 0 Å². The lowest BCUT2D eigenvalue weighted by molar-refractivity contribution is -0.384. The highest BCUT2D eigenvalue weighted by Gasteiger charge is 2.30. The van der Waals surface area contributed by atoms with Crippen molar-refractivity contribution in [2.24, 2.45) is 0 Å². The Morgan fingerprint density at radius 2 is 2.15 bits per heavy atom. The summed E-state index contributed by atoms with van der Waals surface area (Å²) in [5.74, 6) is 0. The normalized spacial score (nSPS) is 20.8. The van der Waals surface area contributed by atoms with E-state index < -0.39 is 26.7 Å². The number of piperidine rings is 1. The summed E-state index contributed by atoms with van der Waals surface area (Å²) < 4.78 is 25.9. The molecule has 0 amide bonds. The minimum Gasteiger partial charge on any atom is -0.392 e. The largest absolute Gasteiger partial charge is 0.392 e. The second kappa shape index (κ2) is 5.65. The number of hydrogen-bond donors (Lipinski definition) is 1. The van der Waals surface area contributed by atoms with Gasteiger partial charge in [0.25, 0.3) is 5.69 Å². The Balaban J connectivity index is 2.39. The van der Waals surface area contributed by atoms with Gasteiger partial charge in [-0.3, -0.25) is 10.1 Å². The Labute approximate surface area is 121 Å². The second-order valence-electron chi connectivity index (χ2n) is 4.53. The van der Waals surface area contributed by atoms with E-state index in [2.05, 4.69) is 0 Å². The summed E-state index contributed by atoms with van der Waals surface area (Å²) in [7, 11) is -3.86. The van der Waals surface area contributed by atoms with Crippen molar-refractivity contribution in [3.05, 3.63) is 33.3 Å². The van der Waals surface area contributed by atoms with Gasteiger partial charge in [-0.1, -0.05) is 11.6 Å². The molecule has 1 aliphatic heterocycles. The van der Waals surface area contributed by atoms with Gasteiger partial charge in [-0.05, 0) is 25.0 Å². The van der Waals surface area contributed by atoms with Gasteiger partial charge in [-0.15, -0.1) is 0 Å². The molecule has 0 spiro atoms. The van der Waals surface area contributed by atoms with E-state index in [1.54, 1.807) is 0 Å². The first-order chi connectivity index (χ1) is 9.32. The Morgan fingerprint density at radius 3 is 2.75 bits per heavy atom. The van der Waals surface area contributed by atoms with Crippen LogP contribution in [0.2, 0.25) is 5.02 Å². The molecule has 2 rings (SSSR count). The third-order valence-corrected chi connectivity index (χ3v) is 5.29. The van der Waals surface area contributed by atoms with E-state index in [0.29, 0.717) is 12.8 Å². The number of rotatable bonds is 3. The smallest absolute Gasteiger partial charge is 0.289 e. The molecule has 110 valence electrons. The molecule has 0 saturated carbocycles. The summed E-state index contributed by atoms with van der Waals surface area (Å²) in [6, 6.07) is 3.36. The van der Waals surface area contributed by atoms with Gasteiger partial charge in [-0.25, -0.2) is 8.42 Å². The van der Waals surface area contributed by atoms with Gasteiger partial charge in [0, 0.05) is 19.2 Å². The summed E-state index contributed by atoms with van der Waals surface area (Å²) in [6.45, 7) is 0.286. The molecular weight excluding hydrogens is 308 g/mol. The van der Waals surface area contributed by atoms with Crippen molar-refractivity contribution in [2.45, 2.75) is 23.8 Å². The van der Waals surface area contributed by atoms with Crippen LogP contribution >= 0.6 is 11.6 Å². The van der Waals surface area contributed by atoms with E-state index in [-0.39, 0.29) is 23.0 Å². The average Bonchev–Trinajstić information content (AvgIpc) is 2.38. The van der Waals surface area contributed by atoms with E-state index in [0.717, 1.165) is 10.4 Å². The van der Waals surface area contributed by atoms with Crippen molar-refractivity contribution in [3.63, 3.8) is 0 Å². The molecule has 1 aliphatic rings. The summed E-state index contributed by atoms with van der Waals surface area (Å²) in [4.78, 5) is 9.88. The first-order valence-corrected chi connectivity index (χ1v) is 7.76. The maximum atomic E-state index is 12.4. The molecule has 9 heteroatoms. The summed E-state index contributed by atoms with van der Waals surface area (Å²) in [5, 5.41) is 20.2. The summed E-state index contributed by atoms with van der Waals surface area (Å²) in [6.07, 6.45) is 0.392. The lowest BCUT2D eigenvalue weighted by atomic mass is 10.1. The number of nitro groups is 1. The van der Waals surface area contributed by atoms with Crippen LogP contribution in [0.5, 0.6) is 0 Å². The monoisotopic (exact) mass is 320 g/mol. The Kier molecular flexibility index (Phi) is 4.28. The lowest BCUT2D eigenvalue weighted by Crippen LogP contribution is -2.42. The highest BCUT2D eigenvalue weighted by atomic mass is 35.5. The van der Waals surface area contributed by atoms with Crippen LogP contribution in [0.3, 0.4) is 0 Å². The van der Waals surface area contributed by atoms with Crippen LogP contribution in [-0.4, -0.2) is 41.9 Å². The molecule has 0 unspecified atom stereocenters. The van der Waals surface area contributed by atoms with Crippen LogP contribution < -0.4 is 0 Å². The molecule has 0 bridgehead atoms. The van der Waals surface area contributed by atoms with E-state index >= 15 is 0 Å². The first kappa shape index (κ1) is 15.2. The van der Waals surface area contributed by atoms with Gasteiger partial charge >= 0.3 is 0 Å². The van der Waals surface area contributed by atoms with Gasteiger partial charge < -0.3 is 5.11 Å². The highest BCUT2D eigenvalue weighted by Crippen LogP contribution is 2.29. The standard InChI is InChI=1S/C11H13ClN2O5S/c12-10-4-3-9(6-11(10)14(16)17)20(18,19)13-5-1-2-8(15)7-13/h3-4,6,8,15H,1-2,5,7H2/t8-/m0/s1. The number of sulfonamides is 1. The number of β-amino-alcohol motifs (C(OH)–C–C–N with tert-alkyl or cyclic N) is 1. The van der Waals surface area contributed by atoms with E-state index in [1.807, 2.05) is 0 Å². The van der Waals surface area contributed by atoms with Crippen molar-refractivity contribution >= 4 is 27.3 Å². The zero-order valence-electron chi connectivity index (χ0n) is 10.4. The van der Waals surface area contributed by atoms with Crippen LogP contribution in [0, 0.1) is 10.1 Å². The van der Waals surface area contributed by atoms with E-state index in [9.17, 15) is 23.6 Å². The fourth-order valence-corrected chi connectivity index (χ4v) is 3.80. The van der Waals surface area contributed by atoms with Gasteiger partial charge in [-0.2, -0.15) is 4.31 Å². The number of hydrogen-bond acceptors (Lipinski definition) is 5. The van der Waals surface area contributed by atoms with Gasteiger partial charge in [0.1, 0.15) is 5.02 Å². The zero-order chi connectivity index (χ0) is 14.9. The van der Waals surface area contributed by atoms with Gasteiger partial charge in [0.2, 0.25) is 10.0 Å². The predicted octanol–water partition coefficient (Wildman–Crippen LogP) is 1.39. The molecule has 7 nitrogen and oxygen atoms in total. The molecule has 0 aromatic heterocycles. The minimum atomic E-state index is -3.86. The Bertz CT molecular complexity index is 634. The Hall–Kier alpha value is -1.22. The second-order valence-corrected chi connectivity index (χ2v) is 6.87. The molecule has 1 aromatic rings. The minimum absolute atomic E-state index is 0.00123. The molecule has 1 aromatic carbocycles. The molecule has 1 atom stereocenters. The molecule has 0 aliphatic carbocycles. The number of halogens is 1. The number of nitro benzene ring substituents is 1. The third kappa shape index (κ3) is 2.93. The first-order valence-electron chi connectivity index (χ1n) is 5.94. The maximum Gasteiger partial charge on any atom is 0.289 e. The SMILES string of the molecule is O=[N+]([O-])c1cc(S(=O)(=O)N2CCC[C@H](O)C2)ccc1Cl. The van der Waals surface area contributed by atoms with Crippen molar-refractivity contribution in [1.29, 1.82) is 0 Å². The fourth-order valence-electron chi connectivity index (χ4n) is 2.08. The van der Waals surface area contributed by atoms with E-state index in [1.165, 1.54) is 12.1 Å². The molecule has 1 fully saturated rings. The zero-order valence-corrected chi connectivity index (χ0v) is 12.0. The number of aliphatic hydroxyl groups excluding tert-OH is 1. The molecule has 0 radical (unpaired) electrons. The number of nitrogens with zero attached hydrogens (tertiary/aromatic N) is 2. The van der Waals surface area contributed by atoms with E-state index in [4.69, 9.17) is 11.6 Å². The quantitative estimate of drug-likeness (QED) is 0.670. The molecule has 1 heterocycles. The Morgan fingerprint density at radius 1 is 1.45 bits per heavy atom. The van der Waals surface area contributed by atoms with Crippen LogP contribution in [-0.2, 0) is 10.0 Å². The molecule has 20 heavy (non-hydrogen) atoms. The summed E-state index contributed by atoms with van der Waals surface area (Å²) >= 11 is 5.66.